The molecule has 0 aliphatic rings. The Labute approximate surface area is 136 Å². The lowest BCUT2D eigenvalue weighted by atomic mass is 10.2. The van der Waals surface area contributed by atoms with Crippen LogP contribution in [-0.4, -0.2) is 43.0 Å². The Balaban J connectivity index is 1.80. The minimum Gasteiger partial charge on any atom is -0.465 e. The molecule has 0 unspecified atom stereocenters. The van der Waals surface area contributed by atoms with Crippen LogP contribution in [0.2, 0.25) is 0 Å². The van der Waals surface area contributed by atoms with Crippen LogP contribution in [0.1, 0.15) is 12.0 Å². The van der Waals surface area contributed by atoms with Gasteiger partial charge in [0.05, 0.1) is 13.2 Å². The van der Waals surface area contributed by atoms with Crippen LogP contribution in [-0.2, 0) is 20.0 Å². The number of hydrogen-bond acceptors (Lipinski definition) is 5. The van der Waals surface area contributed by atoms with Gasteiger partial charge in [-0.1, -0.05) is 24.3 Å². The molecule has 0 aliphatic carbocycles. The van der Waals surface area contributed by atoms with Crippen molar-refractivity contribution in [3.63, 3.8) is 0 Å². The van der Waals surface area contributed by atoms with Crippen molar-refractivity contribution in [2.24, 2.45) is 0 Å². The molecule has 5 heteroatoms. The van der Waals surface area contributed by atoms with Crippen LogP contribution < -0.4 is 0 Å². The fraction of sp³-hybridized carbons (Fsp3) is 0.500. The predicted octanol–water partition coefficient (Wildman–Crippen LogP) is 3.24. The molecule has 0 saturated carbocycles. The van der Waals surface area contributed by atoms with Gasteiger partial charge in [-0.25, -0.2) is 0 Å². The first-order valence-corrected chi connectivity index (χ1v) is 9.27. The summed E-state index contributed by atoms with van der Waals surface area (Å²) in [6.45, 7) is 5.45. The summed E-state index contributed by atoms with van der Waals surface area (Å²) in [4.78, 5) is 10.8. The molecule has 116 valence electrons. The number of rotatable bonds is 12. The number of benzene rings is 1. The van der Waals surface area contributed by atoms with Crippen LogP contribution in [0.5, 0.6) is 0 Å². The summed E-state index contributed by atoms with van der Waals surface area (Å²) in [5.74, 6) is 3.53. The van der Waals surface area contributed by atoms with E-state index in [4.69, 9.17) is 9.47 Å². The summed E-state index contributed by atoms with van der Waals surface area (Å²) in [6, 6.07) is 11.1. The van der Waals surface area contributed by atoms with Gasteiger partial charge in [0.25, 0.3) is 0 Å². The topological polar surface area (TPSA) is 35.5 Å². The molecule has 0 N–H and O–H groups in total. The summed E-state index contributed by atoms with van der Waals surface area (Å²) in [5, 5.41) is 0. The Bertz CT molecular complexity index is 371. The van der Waals surface area contributed by atoms with Crippen LogP contribution in [0, 0.1) is 13.0 Å². The smallest absolute Gasteiger partial charge is 0.305 e. The van der Waals surface area contributed by atoms with E-state index in [-0.39, 0.29) is 12.4 Å². The van der Waals surface area contributed by atoms with E-state index in [1.165, 1.54) is 5.56 Å². The maximum atomic E-state index is 10.8. The molecule has 0 amide bonds. The minimum absolute atomic E-state index is 0.201. The number of thioether (sulfide) groups is 2. The predicted molar refractivity (Wildman–Crippen MR) is 90.5 cm³/mol. The number of ether oxygens (including phenoxy) is 2. The monoisotopic (exact) mass is 326 g/mol. The second-order valence-corrected chi connectivity index (χ2v) is 6.49. The van der Waals surface area contributed by atoms with Crippen molar-refractivity contribution in [1.82, 2.24) is 0 Å². The van der Waals surface area contributed by atoms with Crippen LogP contribution in [0.3, 0.4) is 0 Å². The van der Waals surface area contributed by atoms with Crippen molar-refractivity contribution >= 4 is 29.5 Å². The summed E-state index contributed by atoms with van der Waals surface area (Å²) in [7, 11) is 0. The van der Waals surface area contributed by atoms with Gasteiger partial charge in [0.15, 0.2) is 0 Å². The Kier molecular flexibility index (Phi) is 11.4. The quantitative estimate of drug-likeness (QED) is 0.435. The molecule has 0 spiro atoms. The van der Waals surface area contributed by atoms with Crippen LogP contribution in [0.4, 0.5) is 0 Å². The van der Waals surface area contributed by atoms with E-state index in [1.807, 2.05) is 23.9 Å². The van der Waals surface area contributed by atoms with E-state index in [0.717, 1.165) is 36.2 Å². The van der Waals surface area contributed by atoms with E-state index in [1.54, 1.807) is 11.8 Å². The summed E-state index contributed by atoms with van der Waals surface area (Å²) in [6.07, 6.45) is 0.201. The van der Waals surface area contributed by atoms with Gasteiger partial charge in [0.2, 0.25) is 0 Å². The highest BCUT2D eigenvalue weighted by atomic mass is 32.2. The first kappa shape index (κ1) is 18.4. The second-order valence-electron chi connectivity index (χ2n) is 4.16. The van der Waals surface area contributed by atoms with E-state index < -0.39 is 0 Å². The first-order valence-electron chi connectivity index (χ1n) is 6.96. The molecule has 0 atom stereocenters. The third-order valence-electron chi connectivity index (χ3n) is 2.49. The van der Waals surface area contributed by atoms with Gasteiger partial charge in [0, 0.05) is 29.4 Å². The summed E-state index contributed by atoms with van der Waals surface area (Å²) >= 11 is 3.61. The zero-order valence-electron chi connectivity index (χ0n) is 12.2. The zero-order chi connectivity index (χ0) is 15.2. The van der Waals surface area contributed by atoms with Gasteiger partial charge < -0.3 is 9.47 Å². The molecule has 0 fully saturated rings. The third kappa shape index (κ3) is 10.7. The van der Waals surface area contributed by atoms with Crippen molar-refractivity contribution in [3.05, 3.63) is 42.8 Å². The third-order valence-corrected chi connectivity index (χ3v) is 4.40. The van der Waals surface area contributed by atoms with Gasteiger partial charge in [-0.15, -0.1) is 0 Å². The zero-order valence-corrected chi connectivity index (χ0v) is 13.8. The normalized spacial score (nSPS) is 10.5. The van der Waals surface area contributed by atoms with Crippen molar-refractivity contribution in [2.75, 3.05) is 37.1 Å². The number of hydrogen-bond donors (Lipinski definition) is 0. The molecule has 0 heterocycles. The SMILES string of the molecule is [CH2]CC(=O)OCCSCCOCCSCc1cc[c]cc1. The number of esters is 1. The van der Waals surface area contributed by atoms with Gasteiger partial charge in [-0.05, 0) is 18.6 Å². The molecule has 0 saturated heterocycles. The van der Waals surface area contributed by atoms with Crippen LogP contribution in [0.15, 0.2) is 24.3 Å². The highest BCUT2D eigenvalue weighted by Crippen LogP contribution is 2.11. The molecule has 21 heavy (non-hydrogen) atoms. The molecule has 2 radical (unpaired) electrons. The average Bonchev–Trinajstić information content (AvgIpc) is 2.53. The standard InChI is InChI=1S/C16H22O3S2/c1-2-16(17)19-10-13-20-11-8-18-9-12-21-14-15-6-4-3-5-7-15/h4-7H,1-2,8-14H2. The summed E-state index contributed by atoms with van der Waals surface area (Å²) in [5.41, 5.74) is 1.33. The minimum atomic E-state index is -0.236. The van der Waals surface area contributed by atoms with Gasteiger partial charge in [-0.3, -0.25) is 4.79 Å². The molecule has 0 aliphatic heterocycles. The highest BCUT2D eigenvalue weighted by Gasteiger charge is 1.98. The van der Waals surface area contributed by atoms with Gasteiger partial charge in [0.1, 0.15) is 6.61 Å². The van der Waals surface area contributed by atoms with Crippen LogP contribution >= 0.6 is 23.5 Å². The van der Waals surface area contributed by atoms with Crippen molar-refractivity contribution in [3.8, 4) is 0 Å². The Morgan fingerprint density at radius 2 is 1.76 bits per heavy atom. The highest BCUT2D eigenvalue weighted by molar-refractivity contribution is 7.99. The van der Waals surface area contributed by atoms with Gasteiger partial charge >= 0.3 is 5.97 Å². The molecule has 0 aromatic heterocycles. The molecule has 0 bridgehead atoms. The van der Waals surface area contributed by atoms with E-state index in [0.29, 0.717) is 6.61 Å². The lowest BCUT2D eigenvalue weighted by Gasteiger charge is -2.05. The van der Waals surface area contributed by atoms with E-state index in [2.05, 4.69) is 25.1 Å². The molecular weight excluding hydrogens is 304 g/mol. The molecule has 1 aromatic carbocycles. The first-order chi connectivity index (χ1) is 10.3. The molecular formula is C16H22O3S2. The Morgan fingerprint density at radius 1 is 1.10 bits per heavy atom. The second kappa shape index (κ2) is 13.0. The Hall–Kier alpha value is -0.650. The maximum Gasteiger partial charge on any atom is 0.305 e. The van der Waals surface area contributed by atoms with E-state index >= 15 is 0 Å². The average molecular weight is 326 g/mol. The maximum absolute atomic E-state index is 10.8. The van der Waals surface area contributed by atoms with Crippen molar-refractivity contribution < 1.29 is 14.3 Å². The lowest BCUT2D eigenvalue weighted by Crippen LogP contribution is -2.07. The molecule has 1 aromatic rings. The van der Waals surface area contributed by atoms with Crippen molar-refractivity contribution in [2.45, 2.75) is 12.2 Å². The Morgan fingerprint density at radius 3 is 2.48 bits per heavy atom. The number of carbonyl (C=O) groups is 1. The largest absolute Gasteiger partial charge is 0.465 e. The summed E-state index contributed by atoms with van der Waals surface area (Å²) < 4.78 is 10.5. The van der Waals surface area contributed by atoms with Crippen LogP contribution in [0.25, 0.3) is 0 Å². The lowest BCUT2D eigenvalue weighted by molar-refractivity contribution is -0.141. The molecule has 3 nitrogen and oxygen atoms in total. The molecule has 1 rings (SSSR count). The van der Waals surface area contributed by atoms with Crippen molar-refractivity contribution in [1.29, 1.82) is 0 Å². The number of carbonyl (C=O) groups excluding carboxylic acids is 1. The van der Waals surface area contributed by atoms with Gasteiger partial charge in [-0.2, -0.15) is 23.5 Å². The fourth-order valence-corrected chi connectivity index (χ4v) is 2.88. The van der Waals surface area contributed by atoms with E-state index in [9.17, 15) is 4.79 Å². The fourth-order valence-electron chi connectivity index (χ4n) is 1.43.